The van der Waals surface area contributed by atoms with Gasteiger partial charge in [0.15, 0.2) is 28.4 Å². The highest BCUT2D eigenvalue weighted by Gasteiger charge is 2.30. The number of benzene rings is 3. The van der Waals surface area contributed by atoms with Crippen molar-refractivity contribution >= 4 is 51.3 Å². The lowest BCUT2D eigenvalue weighted by molar-refractivity contribution is 0.0974. The Morgan fingerprint density at radius 3 is 2.12 bits per heavy atom. The van der Waals surface area contributed by atoms with Crippen molar-refractivity contribution in [1.82, 2.24) is 10.2 Å². The van der Waals surface area contributed by atoms with E-state index in [0.29, 0.717) is 5.56 Å². The summed E-state index contributed by atoms with van der Waals surface area (Å²) >= 11 is 10.6. The van der Waals surface area contributed by atoms with Crippen molar-refractivity contribution in [3.63, 3.8) is 0 Å². The second-order valence-electron chi connectivity index (χ2n) is 7.18. The van der Waals surface area contributed by atoms with E-state index >= 15 is 0 Å². The first-order chi connectivity index (χ1) is 15.3. The number of hydrogen-bond donors (Lipinski definition) is 1. The van der Waals surface area contributed by atoms with E-state index in [1.54, 1.807) is 17.0 Å². The van der Waals surface area contributed by atoms with Crippen LogP contribution in [-0.4, -0.2) is 42.1 Å². The first kappa shape index (κ1) is 22.3. The van der Waals surface area contributed by atoms with Crippen LogP contribution < -0.4 is 10.2 Å². The monoisotopic (exact) mass is 481 g/mol. The molecule has 3 aromatic rings. The van der Waals surface area contributed by atoms with E-state index in [1.165, 1.54) is 4.90 Å². The lowest BCUT2D eigenvalue weighted by atomic mass is 10.0. The summed E-state index contributed by atoms with van der Waals surface area (Å²) in [6.45, 7) is 0.413. The highest BCUT2D eigenvalue weighted by atomic mass is 35.5. The summed E-state index contributed by atoms with van der Waals surface area (Å²) in [5.74, 6) is -6.75. The van der Waals surface area contributed by atoms with E-state index in [9.17, 15) is 22.4 Å². The number of carbonyl (C=O) groups is 1. The Balaban J connectivity index is 1.45. The number of hydrogen-bond acceptors (Lipinski definition) is 3. The van der Waals surface area contributed by atoms with Gasteiger partial charge in [-0.25, -0.2) is 17.6 Å². The average molecular weight is 482 g/mol. The fraction of sp³-hybridized carbons (Fsp3) is 0.182. The number of halogens is 5. The van der Waals surface area contributed by atoms with Crippen LogP contribution in [0.5, 0.6) is 0 Å². The number of fused-ring (bicyclic) bond motifs is 1. The van der Waals surface area contributed by atoms with E-state index in [-0.39, 0.29) is 37.2 Å². The van der Waals surface area contributed by atoms with Gasteiger partial charge < -0.3 is 9.80 Å². The van der Waals surface area contributed by atoms with Gasteiger partial charge in [0, 0.05) is 31.7 Å². The van der Waals surface area contributed by atoms with Gasteiger partial charge in [0.25, 0.3) is 5.91 Å². The first-order valence-electron chi connectivity index (χ1n) is 9.64. The van der Waals surface area contributed by atoms with Crippen LogP contribution in [0.15, 0.2) is 42.5 Å². The third-order valence-corrected chi connectivity index (χ3v) is 6.02. The molecular formula is C22H16ClF4N3OS. The Labute approximate surface area is 191 Å². The molecule has 0 atom stereocenters. The maximum Gasteiger partial charge on any atom is 0.258 e. The first-order valence-corrected chi connectivity index (χ1v) is 10.4. The molecule has 0 radical (unpaired) electrons. The molecule has 3 aromatic carbocycles. The summed E-state index contributed by atoms with van der Waals surface area (Å²) in [5, 5.41) is 3.29. The standard InChI is InChI=1S/C22H16ClF4N3OS/c23-15-16(24)18(26)20(19(27)17(15)25)29-8-10-30(11-9-29)22(32)28-21(31)14-7-3-5-12-4-1-2-6-13(12)14/h1-7H,8-11H2,(H,28,31,32). The molecule has 166 valence electrons. The van der Waals surface area contributed by atoms with Crippen molar-refractivity contribution in [2.45, 2.75) is 0 Å². The normalized spacial score (nSPS) is 14.0. The van der Waals surface area contributed by atoms with Crippen LogP contribution in [0.1, 0.15) is 10.4 Å². The predicted octanol–water partition coefficient (Wildman–Crippen LogP) is 4.89. The fourth-order valence-corrected chi connectivity index (χ4v) is 4.11. The maximum atomic E-state index is 14.2. The van der Waals surface area contributed by atoms with E-state index in [2.05, 4.69) is 5.32 Å². The van der Waals surface area contributed by atoms with Gasteiger partial charge in [-0.3, -0.25) is 10.1 Å². The molecule has 0 aromatic heterocycles. The molecule has 1 N–H and O–H groups in total. The lowest BCUT2D eigenvalue weighted by Crippen LogP contribution is -2.53. The fourth-order valence-electron chi connectivity index (χ4n) is 3.67. The van der Waals surface area contributed by atoms with E-state index in [4.69, 9.17) is 23.8 Å². The number of thiocarbonyl (C=S) groups is 1. The van der Waals surface area contributed by atoms with Crippen molar-refractivity contribution in [3.8, 4) is 0 Å². The summed E-state index contributed by atoms with van der Waals surface area (Å²) in [6.07, 6.45) is 0. The average Bonchev–Trinajstić information content (AvgIpc) is 2.81. The highest BCUT2D eigenvalue weighted by Crippen LogP contribution is 2.34. The largest absolute Gasteiger partial charge is 0.363 e. The van der Waals surface area contributed by atoms with Gasteiger partial charge in [-0.1, -0.05) is 48.0 Å². The Kier molecular flexibility index (Phi) is 6.21. The Morgan fingerprint density at radius 1 is 0.875 bits per heavy atom. The second-order valence-corrected chi connectivity index (χ2v) is 7.94. The Hall–Kier alpha value is -2.91. The predicted molar refractivity (Wildman–Crippen MR) is 119 cm³/mol. The summed E-state index contributed by atoms with van der Waals surface area (Å²) in [6, 6.07) is 12.8. The second kappa shape index (κ2) is 8.91. The number of piperazine rings is 1. The Bertz CT molecular complexity index is 1200. The molecule has 0 spiro atoms. The molecule has 1 amide bonds. The maximum absolute atomic E-state index is 14.2. The van der Waals surface area contributed by atoms with Crippen LogP contribution in [0.4, 0.5) is 23.2 Å². The van der Waals surface area contributed by atoms with E-state index in [1.807, 2.05) is 30.3 Å². The van der Waals surface area contributed by atoms with Crippen molar-refractivity contribution in [2.75, 3.05) is 31.1 Å². The minimum absolute atomic E-state index is 0.0264. The minimum atomic E-state index is -1.64. The molecule has 32 heavy (non-hydrogen) atoms. The summed E-state index contributed by atoms with van der Waals surface area (Å²) in [4.78, 5) is 15.6. The van der Waals surface area contributed by atoms with Crippen LogP contribution in [0.2, 0.25) is 5.02 Å². The van der Waals surface area contributed by atoms with Gasteiger partial charge in [-0.05, 0) is 29.1 Å². The molecule has 1 aliphatic rings. The third kappa shape index (κ3) is 3.98. The van der Waals surface area contributed by atoms with Crippen molar-refractivity contribution < 1.29 is 22.4 Å². The summed E-state index contributed by atoms with van der Waals surface area (Å²) in [5.41, 5.74) is -0.352. The number of anilines is 1. The van der Waals surface area contributed by atoms with Gasteiger partial charge in [-0.2, -0.15) is 0 Å². The van der Waals surface area contributed by atoms with Gasteiger partial charge in [0.05, 0.1) is 0 Å². The van der Waals surface area contributed by atoms with Gasteiger partial charge in [0.1, 0.15) is 10.7 Å². The molecule has 10 heteroatoms. The van der Waals surface area contributed by atoms with Crippen molar-refractivity contribution in [3.05, 3.63) is 76.3 Å². The molecule has 1 aliphatic heterocycles. The smallest absolute Gasteiger partial charge is 0.258 e. The Morgan fingerprint density at radius 2 is 1.47 bits per heavy atom. The highest BCUT2D eigenvalue weighted by molar-refractivity contribution is 7.80. The van der Waals surface area contributed by atoms with Crippen LogP contribution in [0.3, 0.4) is 0 Å². The van der Waals surface area contributed by atoms with E-state index < -0.39 is 34.0 Å². The zero-order valence-corrected chi connectivity index (χ0v) is 18.0. The molecule has 0 aliphatic carbocycles. The van der Waals surface area contributed by atoms with Crippen molar-refractivity contribution in [1.29, 1.82) is 0 Å². The molecule has 1 saturated heterocycles. The number of nitrogens with zero attached hydrogens (tertiary/aromatic N) is 2. The van der Waals surface area contributed by atoms with Gasteiger partial charge in [0.2, 0.25) is 0 Å². The van der Waals surface area contributed by atoms with Crippen LogP contribution in [-0.2, 0) is 0 Å². The van der Waals surface area contributed by atoms with Crippen LogP contribution >= 0.6 is 23.8 Å². The molecule has 4 rings (SSSR count). The molecule has 1 heterocycles. The van der Waals surface area contributed by atoms with Crippen molar-refractivity contribution in [2.24, 2.45) is 0 Å². The number of carbonyl (C=O) groups excluding carboxylic acids is 1. The molecule has 0 unspecified atom stereocenters. The number of nitrogens with one attached hydrogen (secondary N) is 1. The molecule has 0 bridgehead atoms. The molecule has 4 nitrogen and oxygen atoms in total. The van der Waals surface area contributed by atoms with Crippen LogP contribution in [0.25, 0.3) is 10.8 Å². The minimum Gasteiger partial charge on any atom is -0.363 e. The zero-order chi connectivity index (χ0) is 23.0. The summed E-state index contributed by atoms with van der Waals surface area (Å²) in [7, 11) is 0. The third-order valence-electron chi connectivity index (χ3n) is 5.32. The van der Waals surface area contributed by atoms with Gasteiger partial charge >= 0.3 is 0 Å². The van der Waals surface area contributed by atoms with Crippen LogP contribution in [0, 0.1) is 23.3 Å². The molecule has 0 saturated carbocycles. The molecular weight excluding hydrogens is 466 g/mol. The molecule has 1 fully saturated rings. The van der Waals surface area contributed by atoms with E-state index in [0.717, 1.165) is 10.8 Å². The lowest BCUT2D eigenvalue weighted by Gasteiger charge is -2.37. The summed E-state index contributed by atoms with van der Waals surface area (Å²) < 4.78 is 56.0. The number of rotatable bonds is 2. The van der Waals surface area contributed by atoms with Gasteiger partial charge in [-0.15, -0.1) is 0 Å². The number of amides is 1. The quantitative estimate of drug-likeness (QED) is 0.245. The SMILES string of the molecule is O=C(NC(=S)N1CCN(c2c(F)c(F)c(Cl)c(F)c2F)CC1)c1cccc2ccccc12. The topological polar surface area (TPSA) is 35.6 Å². The zero-order valence-electron chi connectivity index (χ0n) is 16.5.